The van der Waals surface area contributed by atoms with Crippen molar-refractivity contribution in [1.82, 2.24) is 5.32 Å². The molecule has 0 heterocycles. The van der Waals surface area contributed by atoms with Crippen LogP contribution in [0.5, 0.6) is 5.75 Å². The first-order valence-corrected chi connectivity index (χ1v) is 11.8. The molecule has 0 unspecified atom stereocenters. The number of hydrogen-bond donors (Lipinski definition) is 2. The molecule has 3 aromatic rings. The van der Waals surface area contributed by atoms with E-state index in [0.29, 0.717) is 5.56 Å². The van der Waals surface area contributed by atoms with E-state index in [0.717, 1.165) is 22.4 Å². The van der Waals surface area contributed by atoms with Gasteiger partial charge in [0.25, 0.3) is 5.91 Å². The standard InChI is InChI=1S/C25H26N2O4S/c1-25(2)22(16-11-13-19(14-12-16)32(26,29)30)23(25)27-24(28)18-8-6-7-17(15-18)20-9-4-5-10-21(20)31-3/h4-15,22-23H,1-3H3,(H,27,28)(H2,26,29,30)/t22-,23-/m0/s1. The first-order valence-electron chi connectivity index (χ1n) is 10.3. The van der Waals surface area contributed by atoms with Crippen molar-refractivity contribution >= 4 is 15.9 Å². The monoisotopic (exact) mass is 450 g/mol. The molecule has 1 aliphatic carbocycles. The summed E-state index contributed by atoms with van der Waals surface area (Å²) in [5.41, 5.74) is 3.21. The Morgan fingerprint density at radius 1 is 1.00 bits per heavy atom. The minimum Gasteiger partial charge on any atom is -0.496 e. The number of amides is 1. The Balaban J connectivity index is 1.53. The van der Waals surface area contributed by atoms with E-state index in [4.69, 9.17) is 9.88 Å². The fraction of sp³-hybridized carbons (Fsp3) is 0.240. The second kappa shape index (κ2) is 8.07. The van der Waals surface area contributed by atoms with Crippen molar-refractivity contribution in [1.29, 1.82) is 0 Å². The number of carbonyl (C=O) groups excluding carboxylic acids is 1. The topological polar surface area (TPSA) is 98.5 Å². The van der Waals surface area contributed by atoms with Gasteiger partial charge in [-0.25, -0.2) is 13.6 Å². The number of carbonyl (C=O) groups is 1. The number of hydrogen-bond acceptors (Lipinski definition) is 4. The fourth-order valence-electron chi connectivity index (χ4n) is 4.33. The second-order valence-corrected chi connectivity index (χ2v) is 10.2. The normalized spacial score (nSPS) is 19.2. The number of methoxy groups -OCH3 is 1. The molecule has 32 heavy (non-hydrogen) atoms. The maximum absolute atomic E-state index is 13.0. The van der Waals surface area contributed by atoms with Gasteiger partial charge in [-0.15, -0.1) is 0 Å². The molecule has 1 aliphatic rings. The molecule has 4 rings (SSSR count). The van der Waals surface area contributed by atoms with Crippen LogP contribution in [0.1, 0.15) is 35.7 Å². The molecule has 3 N–H and O–H groups in total. The van der Waals surface area contributed by atoms with Crippen molar-refractivity contribution in [2.45, 2.75) is 30.7 Å². The van der Waals surface area contributed by atoms with Crippen molar-refractivity contribution in [2.75, 3.05) is 7.11 Å². The fourth-order valence-corrected chi connectivity index (χ4v) is 4.85. The molecular formula is C25H26N2O4S. The molecule has 0 aromatic heterocycles. The van der Waals surface area contributed by atoms with E-state index in [1.807, 2.05) is 42.5 Å². The molecule has 6 nitrogen and oxygen atoms in total. The Bertz CT molecular complexity index is 1270. The van der Waals surface area contributed by atoms with Gasteiger partial charge in [-0.3, -0.25) is 4.79 Å². The second-order valence-electron chi connectivity index (χ2n) is 8.65. The lowest BCUT2D eigenvalue weighted by atomic mass is 10.0. The molecular weight excluding hydrogens is 424 g/mol. The van der Waals surface area contributed by atoms with Gasteiger partial charge < -0.3 is 10.1 Å². The highest BCUT2D eigenvalue weighted by Crippen LogP contribution is 2.58. The van der Waals surface area contributed by atoms with Crippen LogP contribution in [0.3, 0.4) is 0 Å². The van der Waals surface area contributed by atoms with Gasteiger partial charge >= 0.3 is 0 Å². The lowest BCUT2D eigenvalue weighted by molar-refractivity contribution is 0.0946. The molecule has 7 heteroatoms. The molecule has 2 atom stereocenters. The first kappa shape index (κ1) is 22.0. The van der Waals surface area contributed by atoms with Gasteiger partial charge in [-0.2, -0.15) is 0 Å². The summed E-state index contributed by atoms with van der Waals surface area (Å²) in [5.74, 6) is 0.679. The lowest BCUT2D eigenvalue weighted by Crippen LogP contribution is -2.28. The van der Waals surface area contributed by atoms with Crippen LogP contribution in [0.15, 0.2) is 77.7 Å². The molecule has 0 radical (unpaired) electrons. The number of nitrogens with one attached hydrogen (secondary N) is 1. The van der Waals surface area contributed by atoms with Crippen LogP contribution in [-0.4, -0.2) is 27.5 Å². The SMILES string of the molecule is COc1ccccc1-c1cccc(C(=O)N[C@H]2[C@H](c3ccc(S(N)(=O)=O)cc3)C2(C)C)c1. The number of primary sulfonamides is 1. The van der Waals surface area contributed by atoms with Crippen LogP contribution >= 0.6 is 0 Å². The molecule has 0 bridgehead atoms. The van der Waals surface area contributed by atoms with E-state index >= 15 is 0 Å². The highest BCUT2D eigenvalue weighted by molar-refractivity contribution is 7.89. The van der Waals surface area contributed by atoms with Crippen molar-refractivity contribution in [2.24, 2.45) is 10.6 Å². The van der Waals surface area contributed by atoms with E-state index < -0.39 is 10.0 Å². The summed E-state index contributed by atoms with van der Waals surface area (Å²) >= 11 is 0. The maximum Gasteiger partial charge on any atom is 0.251 e. The third kappa shape index (κ3) is 4.13. The zero-order valence-electron chi connectivity index (χ0n) is 18.2. The molecule has 0 saturated heterocycles. The summed E-state index contributed by atoms with van der Waals surface area (Å²) in [6, 6.07) is 21.6. The van der Waals surface area contributed by atoms with Gasteiger partial charge in [0, 0.05) is 23.1 Å². The van der Waals surface area contributed by atoms with Crippen LogP contribution < -0.4 is 15.2 Å². The molecule has 3 aromatic carbocycles. The largest absolute Gasteiger partial charge is 0.496 e. The van der Waals surface area contributed by atoms with Crippen LogP contribution in [0, 0.1) is 5.41 Å². The predicted molar refractivity (Wildman–Crippen MR) is 124 cm³/mol. The summed E-state index contributed by atoms with van der Waals surface area (Å²) in [6.45, 7) is 4.17. The summed E-state index contributed by atoms with van der Waals surface area (Å²) in [6.07, 6.45) is 0. The molecule has 0 spiro atoms. The number of ether oxygens (including phenoxy) is 1. The van der Waals surface area contributed by atoms with Gasteiger partial charge in [-0.05, 0) is 46.9 Å². The maximum atomic E-state index is 13.0. The van der Waals surface area contributed by atoms with E-state index in [1.54, 1.807) is 25.3 Å². The quantitative estimate of drug-likeness (QED) is 0.594. The Morgan fingerprint density at radius 3 is 2.34 bits per heavy atom. The van der Waals surface area contributed by atoms with Crippen molar-refractivity contribution in [3.8, 4) is 16.9 Å². The molecule has 166 valence electrons. The van der Waals surface area contributed by atoms with E-state index in [1.165, 1.54) is 12.1 Å². The third-order valence-electron chi connectivity index (χ3n) is 6.22. The number of benzene rings is 3. The highest BCUT2D eigenvalue weighted by Gasteiger charge is 2.59. The number of para-hydroxylation sites is 1. The van der Waals surface area contributed by atoms with Crippen LogP contribution in [0.2, 0.25) is 0 Å². The minimum absolute atomic E-state index is 0.0646. The van der Waals surface area contributed by atoms with Crippen molar-refractivity contribution < 1.29 is 17.9 Å². The van der Waals surface area contributed by atoms with Gasteiger partial charge in [-0.1, -0.05) is 56.3 Å². The molecule has 1 fully saturated rings. The summed E-state index contributed by atoms with van der Waals surface area (Å²) in [4.78, 5) is 13.1. The van der Waals surface area contributed by atoms with Gasteiger partial charge in [0.1, 0.15) is 5.75 Å². The number of sulfonamides is 1. The predicted octanol–water partition coefficient (Wildman–Crippen LogP) is 3.93. The average molecular weight is 451 g/mol. The smallest absolute Gasteiger partial charge is 0.251 e. The average Bonchev–Trinajstić information content (AvgIpc) is 3.32. The summed E-state index contributed by atoms with van der Waals surface area (Å²) < 4.78 is 28.5. The summed E-state index contributed by atoms with van der Waals surface area (Å²) in [5, 5.41) is 8.34. The Labute approximate surface area is 188 Å². The zero-order chi connectivity index (χ0) is 23.1. The van der Waals surface area contributed by atoms with Crippen LogP contribution in [0.4, 0.5) is 0 Å². The Morgan fingerprint density at radius 2 is 1.69 bits per heavy atom. The van der Waals surface area contributed by atoms with Crippen molar-refractivity contribution in [3.05, 3.63) is 83.9 Å². The van der Waals surface area contributed by atoms with Gasteiger partial charge in [0.05, 0.1) is 12.0 Å². The van der Waals surface area contributed by atoms with E-state index in [2.05, 4.69) is 19.2 Å². The van der Waals surface area contributed by atoms with Gasteiger partial charge in [0.2, 0.25) is 10.0 Å². The van der Waals surface area contributed by atoms with E-state index in [9.17, 15) is 13.2 Å². The zero-order valence-corrected chi connectivity index (χ0v) is 19.0. The lowest BCUT2D eigenvalue weighted by Gasteiger charge is -2.11. The Kier molecular flexibility index (Phi) is 5.56. The molecule has 1 amide bonds. The van der Waals surface area contributed by atoms with Crippen LogP contribution in [0.25, 0.3) is 11.1 Å². The summed E-state index contributed by atoms with van der Waals surface area (Å²) in [7, 11) is -2.11. The van der Waals surface area contributed by atoms with Crippen molar-refractivity contribution in [3.63, 3.8) is 0 Å². The first-order chi connectivity index (χ1) is 15.1. The third-order valence-corrected chi connectivity index (χ3v) is 7.15. The minimum atomic E-state index is -3.73. The Hall–Kier alpha value is -3.16. The van der Waals surface area contributed by atoms with Crippen LogP contribution in [-0.2, 0) is 10.0 Å². The van der Waals surface area contributed by atoms with E-state index in [-0.39, 0.29) is 28.2 Å². The molecule has 1 saturated carbocycles. The highest BCUT2D eigenvalue weighted by atomic mass is 32.2. The van der Waals surface area contributed by atoms with Gasteiger partial charge in [0.15, 0.2) is 0 Å². The number of nitrogens with two attached hydrogens (primary N) is 1. The number of rotatable bonds is 6. The molecule has 0 aliphatic heterocycles.